The molecule has 0 amide bonds. The first-order valence-electron chi connectivity index (χ1n) is 7.03. The van der Waals surface area contributed by atoms with Gasteiger partial charge in [-0.15, -0.1) is 0 Å². The zero-order chi connectivity index (χ0) is 14.8. The van der Waals surface area contributed by atoms with Crippen molar-refractivity contribution >= 4 is 21.8 Å². The van der Waals surface area contributed by atoms with E-state index in [0.717, 1.165) is 23.7 Å². The smallest absolute Gasteiger partial charge is 0.131 e. The summed E-state index contributed by atoms with van der Waals surface area (Å²) in [6.45, 7) is 0. The molecule has 3 nitrogen and oxygen atoms in total. The van der Waals surface area contributed by atoms with E-state index >= 15 is 0 Å². The molecule has 1 aliphatic carbocycles. The minimum Gasteiger partial charge on any atom is -0.485 e. The second kappa shape index (κ2) is 5.90. The molecule has 1 unspecified atom stereocenters. The number of nitrogens with one attached hydrogen (secondary N) is 1. The van der Waals surface area contributed by atoms with Crippen molar-refractivity contribution in [1.29, 1.82) is 5.41 Å². The van der Waals surface area contributed by atoms with Gasteiger partial charge >= 0.3 is 0 Å². The van der Waals surface area contributed by atoms with E-state index in [4.69, 9.17) is 15.9 Å². The average molecular weight is 345 g/mol. The first kappa shape index (κ1) is 14.1. The van der Waals surface area contributed by atoms with Crippen molar-refractivity contribution in [3.8, 4) is 5.75 Å². The molecule has 0 bridgehead atoms. The van der Waals surface area contributed by atoms with Crippen LogP contribution in [0.5, 0.6) is 5.75 Å². The number of nitrogens with two attached hydrogens (primary N) is 1. The van der Waals surface area contributed by atoms with E-state index < -0.39 is 0 Å². The van der Waals surface area contributed by atoms with E-state index in [9.17, 15) is 0 Å². The second-order valence-electron chi connectivity index (χ2n) is 5.25. The average Bonchev–Trinajstić information content (AvgIpc) is 2.49. The Labute approximate surface area is 132 Å². The molecule has 3 N–H and O–H groups in total. The highest BCUT2D eigenvalue weighted by atomic mass is 79.9. The van der Waals surface area contributed by atoms with E-state index in [1.807, 2.05) is 24.3 Å². The molecule has 108 valence electrons. The molecule has 0 radical (unpaired) electrons. The summed E-state index contributed by atoms with van der Waals surface area (Å²) in [5.74, 6) is 0.697. The molecule has 21 heavy (non-hydrogen) atoms. The number of rotatable bonds is 3. The number of fused-ring (bicyclic) bond motifs is 1. The number of benzene rings is 2. The third-order valence-corrected chi connectivity index (χ3v) is 4.31. The normalized spacial score (nSPS) is 17.1. The summed E-state index contributed by atoms with van der Waals surface area (Å²) in [7, 11) is 0. The van der Waals surface area contributed by atoms with Gasteiger partial charge in [-0.2, -0.15) is 0 Å². The molecule has 0 saturated carbocycles. The number of aryl methyl sites for hydroxylation is 1. The Kier molecular flexibility index (Phi) is 3.97. The van der Waals surface area contributed by atoms with E-state index in [0.29, 0.717) is 11.3 Å². The maximum Gasteiger partial charge on any atom is 0.131 e. The first-order valence-corrected chi connectivity index (χ1v) is 7.83. The van der Waals surface area contributed by atoms with Gasteiger partial charge < -0.3 is 10.5 Å². The van der Waals surface area contributed by atoms with Crippen LogP contribution in [0.4, 0.5) is 0 Å². The van der Waals surface area contributed by atoms with Gasteiger partial charge in [-0.1, -0.05) is 40.2 Å². The largest absolute Gasteiger partial charge is 0.485 e. The second-order valence-corrected chi connectivity index (χ2v) is 6.17. The molecule has 0 aromatic heterocycles. The fraction of sp³-hybridized carbons (Fsp3) is 0.235. The van der Waals surface area contributed by atoms with Crippen LogP contribution in [0, 0.1) is 5.41 Å². The van der Waals surface area contributed by atoms with Crippen LogP contribution in [0.25, 0.3) is 0 Å². The lowest BCUT2D eigenvalue weighted by molar-refractivity contribution is 0.183. The van der Waals surface area contributed by atoms with E-state index in [-0.39, 0.29) is 11.9 Å². The van der Waals surface area contributed by atoms with Crippen molar-refractivity contribution in [2.45, 2.75) is 25.4 Å². The van der Waals surface area contributed by atoms with Crippen LogP contribution in [0.15, 0.2) is 46.9 Å². The molecule has 2 aromatic rings. The van der Waals surface area contributed by atoms with Crippen LogP contribution in [-0.4, -0.2) is 5.84 Å². The highest BCUT2D eigenvalue weighted by molar-refractivity contribution is 9.10. The van der Waals surface area contributed by atoms with Crippen LogP contribution >= 0.6 is 15.9 Å². The number of amidine groups is 1. The predicted molar refractivity (Wildman–Crippen MR) is 87.9 cm³/mol. The Morgan fingerprint density at radius 2 is 2.05 bits per heavy atom. The molecule has 3 rings (SSSR count). The zero-order valence-corrected chi connectivity index (χ0v) is 13.2. The Balaban J connectivity index is 1.93. The summed E-state index contributed by atoms with van der Waals surface area (Å²) in [5.41, 5.74) is 8.91. The summed E-state index contributed by atoms with van der Waals surface area (Å²) in [4.78, 5) is 0. The van der Waals surface area contributed by atoms with E-state index in [2.05, 4.69) is 34.1 Å². The highest BCUT2D eigenvalue weighted by Gasteiger charge is 2.22. The summed E-state index contributed by atoms with van der Waals surface area (Å²) in [5, 5.41) is 7.71. The number of hydrogen-bond donors (Lipinski definition) is 2. The molecule has 4 heteroatoms. The van der Waals surface area contributed by atoms with E-state index in [1.54, 1.807) is 0 Å². The predicted octanol–water partition coefficient (Wildman–Crippen LogP) is 4.19. The van der Waals surface area contributed by atoms with Gasteiger partial charge in [0, 0.05) is 4.47 Å². The summed E-state index contributed by atoms with van der Waals surface area (Å²) >= 11 is 3.41. The maximum absolute atomic E-state index is 7.71. The summed E-state index contributed by atoms with van der Waals surface area (Å²) < 4.78 is 7.08. The van der Waals surface area contributed by atoms with E-state index in [1.165, 1.54) is 11.1 Å². The van der Waals surface area contributed by atoms with Crippen molar-refractivity contribution in [3.63, 3.8) is 0 Å². The van der Waals surface area contributed by atoms with Gasteiger partial charge in [0.2, 0.25) is 0 Å². The third kappa shape index (κ3) is 2.95. The van der Waals surface area contributed by atoms with Crippen molar-refractivity contribution in [2.75, 3.05) is 0 Å². The van der Waals surface area contributed by atoms with Crippen LogP contribution < -0.4 is 10.5 Å². The maximum atomic E-state index is 7.71. The van der Waals surface area contributed by atoms with Crippen molar-refractivity contribution in [3.05, 3.63) is 63.6 Å². The van der Waals surface area contributed by atoms with Gasteiger partial charge in [0.1, 0.15) is 17.7 Å². The Morgan fingerprint density at radius 1 is 1.24 bits per heavy atom. The van der Waals surface area contributed by atoms with Gasteiger partial charge in [0.25, 0.3) is 0 Å². The molecule has 2 aromatic carbocycles. The zero-order valence-electron chi connectivity index (χ0n) is 11.6. The fourth-order valence-electron chi connectivity index (χ4n) is 2.80. The fourth-order valence-corrected chi connectivity index (χ4v) is 3.16. The summed E-state index contributed by atoms with van der Waals surface area (Å²) in [6, 6.07) is 14.0. The molecule has 0 aliphatic heterocycles. The lowest BCUT2D eigenvalue weighted by atomic mass is 9.89. The number of nitrogen functional groups attached to an aromatic ring is 1. The Hall–Kier alpha value is -1.81. The van der Waals surface area contributed by atoms with Gasteiger partial charge in [0.15, 0.2) is 0 Å². The van der Waals surface area contributed by atoms with Crippen LogP contribution in [0.2, 0.25) is 0 Å². The third-order valence-electron chi connectivity index (χ3n) is 3.82. The number of hydrogen-bond acceptors (Lipinski definition) is 2. The van der Waals surface area contributed by atoms with Crippen molar-refractivity contribution in [2.24, 2.45) is 5.73 Å². The first-order chi connectivity index (χ1) is 10.1. The minimum absolute atomic E-state index is 0.0235. The van der Waals surface area contributed by atoms with Crippen molar-refractivity contribution < 1.29 is 4.74 Å². The molecule has 0 spiro atoms. The number of halogens is 1. The lowest BCUT2D eigenvalue weighted by Gasteiger charge is -2.27. The van der Waals surface area contributed by atoms with Crippen LogP contribution in [0.1, 0.15) is 35.6 Å². The molecule has 0 fully saturated rings. The van der Waals surface area contributed by atoms with Gasteiger partial charge in [-0.3, -0.25) is 5.41 Å². The molecule has 1 atom stereocenters. The van der Waals surface area contributed by atoms with Gasteiger partial charge in [-0.25, -0.2) is 0 Å². The Morgan fingerprint density at radius 3 is 2.86 bits per heavy atom. The quantitative estimate of drug-likeness (QED) is 0.647. The SMILES string of the molecule is N=C(N)c1cc(Br)ccc1OC1CCCc2ccccc21. The molecule has 0 heterocycles. The number of ether oxygens (including phenoxy) is 1. The molecule has 1 aliphatic rings. The topological polar surface area (TPSA) is 59.1 Å². The molecule has 0 saturated heterocycles. The summed E-state index contributed by atoms with van der Waals surface area (Å²) in [6.07, 6.45) is 3.25. The van der Waals surface area contributed by atoms with Gasteiger partial charge in [-0.05, 0) is 48.6 Å². The monoisotopic (exact) mass is 344 g/mol. The Bertz CT molecular complexity index is 684. The molecular formula is C17H17BrN2O. The van der Waals surface area contributed by atoms with Crippen molar-refractivity contribution in [1.82, 2.24) is 0 Å². The molecular weight excluding hydrogens is 328 g/mol. The highest BCUT2D eigenvalue weighted by Crippen LogP contribution is 2.35. The minimum atomic E-state index is 0.0235. The lowest BCUT2D eigenvalue weighted by Crippen LogP contribution is -2.18. The van der Waals surface area contributed by atoms with Gasteiger partial charge in [0.05, 0.1) is 5.56 Å². The van der Waals surface area contributed by atoms with Crippen LogP contribution in [0.3, 0.4) is 0 Å². The standard InChI is InChI=1S/C17H17BrN2O/c18-12-8-9-16(14(10-12)17(19)20)21-15-7-3-5-11-4-1-2-6-13(11)15/h1-2,4,6,8-10,15H,3,5,7H2,(H3,19,20). The van der Waals surface area contributed by atoms with Crippen LogP contribution in [-0.2, 0) is 6.42 Å².